The van der Waals surface area contributed by atoms with E-state index in [1.54, 1.807) is 0 Å². The summed E-state index contributed by atoms with van der Waals surface area (Å²) >= 11 is 0. The van der Waals surface area contributed by atoms with Crippen molar-refractivity contribution >= 4 is 5.91 Å². The Morgan fingerprint density at radius 1 is 1.00 bits per heavy atom. The zero-order valence-electron chi connectivity index (χ0n) is 15.6. The van der Waals surface area contributed by atoms with Gasteiger partial charge in [0.25, 0.3) is 0 Å². The highest BCUT2D eigenvalue weighted by molar-refractivity contribution is 5.76. The maximum Gasteiger partial charge on any atom is 0.222 e. The Hall–Kier alpha value is -0.610. The second-order valence-electron chi connectivity index (χ2n) is 7.88. The Bertz CT molecular complexity index is 354. The predicted octanol–water partition coefficient (Wildman–Crippen LogP) is 3.30. The molecule has 0 aromatic heterocycles. The summed E-state index contributed by atoms with van der Waals surface area (Å²) < 4.78 is 5.91. The van der Waals surface area contributed by atoms with Gasteiger partial charge in [-0.25, -0.2) is 0 Å². The second-order valence-corrected chi connectivity index (χ2v) is 7.88. The fourth-order valence-electron chi connectivity index (χ4n) is 3.91. The van der Waals surface area contributed by atoms with Gasteiger partial charge >= 0.3 is 0 Å². The van der Waals surface area contributed by atoms with Gasteiger partial charge in [0.2, 0.25) is 5.91 Å². The largest absolute Gasteiger partial charge is 0.376 e. The summed E-state index contributed by atoms with van der Waals surface area (Å²) in [6.45, 7) is 12.6. The molecule has 1 aliphatic carbocycles. The molecular weight excluding hydrogens is 288 g/mol. The van der Waals surface area contributed by atoms with E-state index in [4.69, 9.17) is 4.74 Å². The highest BCUT2D eigenvalue weighted by Crippen LogP contribution is 2.30. The van der Waals surface area contributed by atoms with Crippen LogP contribution in [0.25, 0.3) is 0 Å². The summed E-state index contributed by atoms with van der Waals surface area (Å²) in [5.41, 5.74) is 0. The van der Waals surface area contributed by atoms with Crippen molar-refractivity contribution in [2.24, 2.45) is 5.92 Å². The molecule has 1 amide bonds. The Morgan fingerprint density at radius 3 is 2.13 bits per heavy atom. The first-order chi connectivity index (χ1) is 11.0. The third kappa shape index (κ3) is 6.07. The average Bonchev–Trinajstić information content (AvgIpc) is 2.53. The lowest BCUT2D eigenvalue weighted by molar-refractivity contribution is -0.133. The van der Waals surface area contributed by atoms with Crippen LogP contribution in [0.5, 0.6) is 0 Å². The molecule has 2 fully saturated rings. The molecule has 1 saturated heterocycles. The molecule has 0 atom stereocenters. The van der Waals surface area contributed by atoms with Gasteiger partial charge in [-0.05, 0) is 65.7 Å². The number of ether oxygens (including phenoxy) is 1. The standard InChI is InChI=1S/C19H36N2O2/c1-15(2)20-11-13-21(14-12-20)19(22)10-7-17-5-8-18(9-6-17)23-16(3)4/h15-18H,5-14H2,1-4H3. The number of rotatable bonds is 6. The molecule has 0 radical (unpaired) electrons. The maximum atomic E-state index is 12.4. The molecule has 2 aliphatic rings. The minimum absolute atomic E-state index is 0.336. The summed E-state index contributed by atoms with van der Waals surface area (Å²) in [5, 5.41) is 0. The van der Waals surface area contributed by atoms with Crippen molar-refractivity contribution < 1.29 is 9.53 Å². The molecule has 0 unspecified atom stereocenters. The minimum atomic E-state index is 0.336. The molecule has 1 heterocycles. The molecule has 134 valence electrons. The van der Waals surface area contributed by atoms with Gasteiger partial charge in [-0.15, -0.1) is 0 Å². The van der Waals surface area contributed by atoms with E-state index in [1.165, 1.54) is 25.7 Å². The van der Waals surface area contributed by atoms with Crippen LogP contribution in [-0.2, 0) is 9.53 Å². The van der Waals surface area contributed by atoms with Crippen molar-refractivity contribution in [1.29, 1.82) is 0 Å². The molecule has 4 nitrogen and oxygen atoms in total. The van der Waals surface area contributed by atoms with Gasteiger partial charge in [-0.2, -0.15) is 0 Å². The SMILES string of the molecule is CC(C)OC1CCC(CCC(=O)N2CCN(C(C)C)CC2)CC1. The summed E-state index contributed by atoms with van der Waals surface area (Å²) in [6, 6.07) is 0.593. The molecule has 0 aromatic carbocycles. The second kappa shape index (κ2) is 9.03. The van der Waals surface area contributed by atoms with Crippen LogP contribution in [0.3, 0.4) is 0 Å². The van der Waals surface area contributed by atoms with Gasteiger partial charge in [-0.1, -0.05) is 0 Å². The van der Waals surface area contributed by atoms with Crippen LogP contribution in [0, 0.1) is 5.92 Å². The van der Waals surface area contributed by atoms with E-state index >= 15 is 0 Å². The van der Waals surface area contributed by atoms with Crippen LogP contribution in [0.15, 0.2) is 0 Å². The third-order valence-electron chi connectivity index (χ3n) is 5.42. The lowest BCUT2D eigenvalue weighted by atomic mass is 9.84. The predicted molar refractivity (Wildman–Crippen MR) is 94.5 cm³/mol. The van der Waals surface area contributed by atoms with E-state index in [0.717, 1.165) is 44.9 Å². The molecule has 0 bridgehead atoms. The van der Waals surface area contributed by atoms with Gasteiger partial charge in [0.1, 0.15) is 0 Å². The molecule has 0 spiro atoms. The van der Waals surface area contributed by atoms with Crippen LogP contribution in [0.4, 0.5) is 0 Å². The number of carbonyl (C=O) groups is 1. The fourth-order valence-corrected chi connectivity index (χ4v) is 3.91. The zero-order chi connectivity index (χ0) is 16.8. The van der Waals surface area contributed by atoms with Crippen molar-refractivity contribution in [3.8, 4) is 0 Å². The van der Waals surface area contributed by atoms with Crippen LogP contribution >= 0.6 is 0 Å². The summed E-state index contributed by atoms with van der Waals surface area (Å²) in [6.07, 6.45) is 7.39. The van der Waals surface area contributed by atoms with E-state index in [9.17, 15) is 4.79 Å². The summed E-state index contributed by atoms with van der Waals surface area (Å²) in [7, 11) is 0. The highest BCUT2D eigenvalue weighted by atomic mass is 16.5. The summed E-state index contributed by atoms with van der Waals surface area (Å²) in [5.74, 6) is 1.09. The van der Waals surface area contributed by atoms with Crippen molar-refractivity contribution in [2.45, 2.75) is 84.5 Å². The fraction of sp³-hybridized carbons (Fsp3) is 0.947. The first-order valence-electron chi connectivity index (χ1n) is 9.63. The van der Waals surface area contributed by atoms with Gasteiger partial charge in [0.15, 0.2) is 0 Å². The van der Waals surface area contributed by atoms with Gasteiger partial charge in [0, 0.05) is 38.6 Å². The van der Waals surface area contributed by atoms with Crippen LogP contribution < -0.4 is 0 Å². The average molecular weight is 325 g/mol. The van der Waals surface area contributed by atoms with E-state index in [0.29, 0.717) is 24.2 Å². The van der Waals surface area contributed by atoms with E-state index < -0.39 is 0 Å². The molecule has 0 aromatic rings. The minimum Gasteiger partial charge on any atom is -0.376 e. The van der Waals surface area contributed by atoms with Crippen LogP contribution in [0.1, 0.15) is 66.2 Å². The first kappa shape index (κ1) is 18.7. The smallest absolute Gasteiger partial charge is 0.222 e. The Balaban J connectivity index is 1.62. The Labute approximate surface area is 142 Å². The number of hydrogen-bond acceptors (Lipinski definition) is 3. The van der Waals surface area contributed by atoms with Gasteiger partial charge < -0.3 is 9.64 Å². The van der Waals surface area contributed by atoms with Crippen molar-refractivity contribution in [3.63, 3.8) is 0 Å². The third-order valence-corrected chi connectivity index (χ3v) is 5.42. The molecule has 0 N–H and O–H groups in total. The van der Waals surface area contributed by atoms with Crippen molar-refractivity contribution in [1.82, 2.24) is 9.80 Å². The van der Waals surface area contributed by atoms with Crippen LogP contribution in [-0.4, -0.2) is 60.1 Å². The monoisotopic (exact) mass is 324 g/mol. The molecular formula is C19H36N2O2. The zero-order valence-corrected chi connectivity index (χ0v) is 15.6. The molecule has 23 heavy (non-hydrogen) atoms. The molecule has 1 aliphatic heterocycles. The first-order valence-corrected chi connectivity index (χ1v) is 9.63. The molecule has 2 rings (SSSR count). The van der Waals surface area contributed by atoms with Gasteiger partial charge in [0.05, 0.1) is 12.2 Å². The van der Waals surface area contributed by atoms with Gasteiger partial charge in [-0.3, -0.25) is 9.69 Å². The van der Waals surface area contributed by atoms with Crippen LogP contribution in [0.2, 0.25) is 0 Å². The summed E-state index contributed by atoms with van der Waals surface area (Å²) in [4.78, 5) is 16.9. The molecule has 1 saturated carbocycles. The highest BCUT2D eigenvalue weighted by Gasteiger charge is 2.25. The Kier molecular flexibility index (Phi) is 7.35. The normalized spacial score (nSPS) is 27.0. The van der Waals surface area contributed by atoms with Crippen molar-refractivity contribution in [2.75, 3.05) is 26.2 Å². The number of nitrogens with zero attached hydrogens (tertiary/aromatic N) is 2. The lowest BCUT2D eigenvalue weighted by Gasteiger charge is -2.37. The quantitative estimate of drug-likeness (QED) is 0.751. The lowest BCUT2D eigenvalue weighted by Crippen LogP contribution is -2.50. The number of piperazine rings is 1. The van der Waals surface area contributed by atoms with E-state index in [1.807, 2.05) is 0 Å². The van der Waals surface area contributed by atoms with Crippen molar-refractivity contribution in [3.05, 3.63) is 0 Å². The topological polar surface area (TPSA) is 32.8 Å². The van der Waals surface area contributed by atoms with E-state index in [2.05, 4.69) is 37.5 Å². The maximum absolute atomic E-state index is 12.4. The number of carbonyl (C=O) groups excluding carboxylic acids is 1. The number of hydrogen-bond donors (Lipinski definition) is 0. The number of amides is 1. The Morgan fingerprint density at radius 2 is 1.61 bits per heavy atom. The van der Waals surface area contributed by atoms with E-state index in [-0.39, 0.29) is 0 Å². The molecule has 4 heteroatoms.